The van der Waals surface area contributed by atoms with E-state index in [1.54, 1.807) is 0 Å². The molecule has 0 aromatic heterocycles. The van der Waals surface area contributed by atoms with E-state index in [1.165, 1.54) is 7.11 Å². The molecule has 1 heterocycles. The highest BCUT2D eigenvalue weighted by molar-refractivity contribution is 5.85. The van der Waals surface area contributed by atoms with Gasteiger partial charge in [-0.2, -0.15) is 0 Å². The van der Waals surface area contributed by atoms with Crippen LogP contribution in [0.2, 0.25) is 0 Å². The third-order valence-corrected chi connectivity index (χ3v) is 3.27. The maximum Gasteiger partial charge on any atom is 0.331 e. The topological polar surface area (TPSA) is 111 Å². The molecule has 0 aliphatic carbocycles. The second-order valence-corrected chi connectivity index (χ2v) is 4.58. The van der Waals surface area contributed by atoms with E-state index >= 15 is 0 Å². The highest BCUT2D eigenvalue weighted by Crippen LogP contribution is 2.35. The van der Waals surface area contributed by atoms with Gasteiger partial charge in [0.15, 0.2) is 17.1 Å². The normalized spacial score (nSPS) is 21.0. The van der Waals surface area contributed by atoms with Crippen LogP contribution in [0.3, 0.4) is 0 Å². The van der Waals surface area contributed by atoms with Gasteiger partial charge in [-0.05, 0) is 0 Å². The Kier molecular flexibility index (Phi) is 3.94. The molecule has 0 spiro atoms. The molecule has 0 radical (unpaired) electrons. The van der Waals surface area contributed by atoms with Gasteiger partial charge in [0.05, 0.1) is 24.7 Å². The van der Waals surface area contributed by atoms with Crippen molar-refractivity contribution in [1.82, 2.24) is 0 Å². The van der Waals surface area contributed by atoms with Crippen LogP contribution in [-0.2, 0) is 9.53 Å². The SMILES string of the molecule is COc1cc(NC2(C(=O)O)CCOC2)c([N+](=O)[O-])cc1F. The Bertz CT molecular complexity index is 585. The third-order valence-electron chi connectivity index (χ3n) is 3.27. The lowest BCUT2D eigenvalue weighted by atomic mass is 9.98. The molecule has 1 aromatic rings. The minimum atomic E-state index is -1.48. The fourth-order valence-corrected chi connectivity index (χ4v) is 2.09. The Labute approximate surface area is 118 Å². The number of hydrogen-bond acceptors (Lipinski definition) is 6. The van der Waals surface area contributed by atoms with Gasteiger partial charge in [-0.25, -0.2) is 9.18 Å². The predicted octanol–water partition coefficient (Wildman–Crippen LogP) is 1.40. The summed E-state index contributed by atoms with van der Waals surface area (Å²) in [5, 5.41) is 22.9. The van der Waals surface area contributed by atoms with Gasteiger partial charge in [0.1, 0.15) is 5.69 Å². The summed E-state index contributed by atoms with van der Waals surface area (Å²) in [6.07, 6.45) is 0.138. The monoisotopic (exact) mass is 300 g/mol. The number of nitrogens with zero attached hydrogens (tertiary/aromatic N) is 1. The van der Waals surface area contributed by atoms with Gasteiger partial charge in [0.2, 0.25) is 0 Å². The Morgan fingerprint density at radius 3 is 2.81 bits per heavy atom. The molecule has 1 aliphatic heterocycles. The number of anilines is 1. The zero-order valence-electron chi connectivity index (χ0n) is 11.1. The van der Waals surface area contributed by atoms with Gasteiger partial charge >= 0.3 is 5.97 Å². The zero-order chi connectivity index (χ0) is 15.6. The van der Waals surface area contributed by atoms with E-state index < -0.39 is 27.9 Å². The quantitative estimate of drug-likeness (QED) is 0.624. The van der Waals surface area contributed by atoms with Crippen LogP contribution in [-0.4, -0.2) is 41.9 Å². The Balaban J connectivity index is 2.46. The van der Waals surface area contributed by atoms with E-state index in [9.17, 15) is 24.4 Å². The Hall–Kier alpha value is -2.42. The number of carbonyl (C=O) groups is 1. The molecule has 114 valence electrons. The number of methoxy groups -OCH3 is 1. The van der Waals surface area contributed by atoms with Crippen molar-refractivity contribution >= 4 is 17.3 Å². The first-order valence-corrected chi connectivity index (χ1v) is 6.01. The molecule has 1 atom stereocenters. The summed E-state index contributed by atoms with van der Waals surface area (Å²) in [7, 11) is 1.21. The zero-order valence-corrected chi connectivity index (χ0v) is 11.1. The maximum absolute atomic E-state index is 13.6. The number of aliphatic carboxylic acids is 1. The summed E-state index contributed by atoms with van der Waals surface area (Å²) in [5.41, 5.74) is -2.18. The van der Waals surface area contributed by atoms with Crippen LogP contribution in [0.25, 0.3) is 0 Å². The average molecular weight is 300 g/mol. The number of carboxylic acid groups (broad SMARTS) is 1. The van der Waals surface area contributed by atoms with E-state index in [-0.39, 0.29) is 31.1 Å². The van der Waals surface area contributed by atoms with Gasteiger partial charge in [-0.1, -0.05) is 0 Å². The molecule has 1 aromatic carbocycles. The fourth-order valence-electron chi connectivity index (χ4n) is 2.09. The summed E-state index contributed by atoms with van der Waals surface area (Å²) in [4.78, 5) is 21.6. The molecular formula is C12H13FN2O6. The largest absolute Gasteiger partial charge is 0.494 e. The molecule has 21 heavy (non-hydrogen) atoms. The summed E-state index contributed by atoms with van der Waals surface area (Å²) < 4.78 is 23.4. The van der Waals surface area contributed by atoms with Crippen molar-refractivity contribution < 1.29 is 28.7 Å². The molecule has 2 N–H and O–H groups in total. The van der Waals surface area contributed by atoms with E-state index in [0.717, 1.165) is 6.07 Å². The second-order valence-electron chi connectivity index (χ2n) is 4.58. The molecule has 0 bridgehead atoms. The van der Waals surface area contributed by atoms with E-state index in [4.69, 9.17) is 9.47 Å². The van der Waals surface area contributed by atoms with Crippen LogP contribution in [0.15, 0.2) is 12.1 Å². The number of ether oxygens (including phenoxy) is 2. The highest BCUT2D eigenvalue weighted by atomic mass is 19.1. The second kappa shape index (κ2) is 5.52. The number of nitrogens with one attached hydrogen (secondary N) is 1. The van der Waals surface area contributed by atoms with Crippen LogP contribution in [0.5, 0.6) is 5.75 Å². The molecule has 1 unspecified atom stereocenters. The highest BCUT2D eigenvalue weighted by Gasteiger charge is 2.44. The molecule has 0 saturated carbocycles. The smallest absolute Gasteiger partial charge is 0.331 e. The third kappa shape index (κ3) is 2.72. The first-order chi connectivity index (χ1) is 9.89. The Morgan fingerprint density at radius 1 is 1.62 bits per heavy atom. The number of carboxylic acids is 1. The molecular weight excluding hydrogens is 287 g/mol. The van der Waals surface area contributed by atoms with Gasteiger partial charge < -0.3 is 19.9 Å². The van der Waals surface area contributed by atoms with Crippen molar-refractivity contribution in [2.24, 2.45) is 0 Å². The van der Waals surface area contributed by atoms with Crippen molar-refractivity contribution in [3.8, 4) is 5.75 Å². The molecule has 1 fully saturated rings. The summed E-state index contributed by atoms with van der Waals surface area (Å²) in [6, 6.07) is 1.75. The van der Waals surface area contributed by atoms with Gasteiger partial charge in [-0.15, -0.1) is 0 Å². The lowest BCUT2D eigenvalue weighted by Crippen LogP contribution is -2.47. The molecule has 1 aliphatic rings. The van der Waals surface area contributed by atoms with E-state index in [2.05, 4.69) is 5.32 Å². The summed E-state index contributed by atoms with van der Waals surface area (Å²) >= 11 is 0. The average Bonchev–Trinajstić information content (AvgIpc) is 2.90. The minimum Gasteiger partial charge on any atom is -0.494 e. The van der Waals surface area contributed by atoms with Crippen molar-refractivity contribution in [1.29, 1.82) is 0 Å². The lowest BCUT2D eigenvalue weighted by molar-refractivity contribution is -0.384. The van der Waals surface area contributed by atoms with Gasteiger partial charge in [-0.3, -0.25) is 10.1 Å². The number of benzene rings is 1. The van der Waals surface area contributed by atoms with Crippen molar-refractivity contribution in [3.63, 3.8) is 0 Å². The molecule has 9 heteroatoms. The standard InChI is InChI=1S/C12H13FN2O6/c1-20-10-5-8(9(15(18)19)4-7(10)13)14-12(11(16)17)2-3-21-6-12/h4-5,14H,2-3,6H2,1H3,(H,16,17). The Morgan fingerprint density at radius 2 is 2.33 bits per heavy atom. The first-order valence-electron chi connectivity index (χ1n) is 6.01. The molecule has 2 rings (SSSR count). The predicted molar refractivity (Wildman–Crippen MR) is 69.0 cm³/mol. The van der Waals surface area contributed by atoms with Gasteiger partial charge in [0.25, 0.3) is 5.69 Å². The maximum atomic E-state index is 13.6. The fraction of sp³-hybridized carbons (Fsp3) is 0.417. The van der Waals surface area contributed by atoms with Crippen molar-refractivity contribution in [2.75, 3.05) is 25.6 Å². The van der Waals surface area contributed by atoms with Crippen LogP contribution in [0, 0.1) is 15.9 Å². The number of nitro groups is 1. The van der Waals surface area contributed by atoms with E-state index in [0.29, 0.717) is 6.07 Å². The number of hydrogen-bond donors (Lipinski definition) is 2. The van der Waals surface area contributed by atoms with Gasteiger partial charge in [0, 0.05) is 19.1 Å². The molecule has 0 amide bonds. The number of rotatable bonds is 5. The summed E-state index contributed by atoms with van der Waals surface area (Å²) in [6.45, 7) is 0.0740. The van der Waals surface area contributed by atoms with Crippen molar-refractivity contribution in [2.45, 2.75) is 12.0 Å². The van der Waals surface area contributed by atoms with E-state index in [1.807, 2.05) is 0 Å². The van der Waals surface area contributed by atoms with Crippen LogP contribution >= 0.6 is 0 Å². The molecule has 8 nitrogen and oxygen atoms in total. The van der Waals surface area contributed by atoms with Crippen LogP contribution in [0.4, 0.5) is 15.8 Å². The minimum absolute atomic E-state index is 0.133. The summed E-state index contributed by atoms with van der Waals surface area (Å²) in [5.74, 6) is -2.32. The number of halogens is 1. The van der Waals surface area contributed by atoms with Crippen LogP contribution in [0.1, 0.15) is 6.42 Å². The lowest BCUT2D eigenvalue weighted by Gasteiger charge is -2.25. The molecule has 1 saturated heterocycles. The first kappa shape index (κ1) is 15.0. The van der Waals surface area contributed by atoms with Crippen LogP contribution < -0.4 is 10.1 Å². The number of nitro benzene ring substituents is 1. The van der Waals surface area contributed by atoms with Crippen molar-refractivity contribution in [3.05, 3.63) is 28.1 Å².